The molecule has 2 heteroatoms. The summed E-state index contributed by atoms with van der Waals surface area (Å²) >= 11 is 0. The molecule has 1 fully saturated rings. The SMILES string of the molecule is CCC(C)C1CN(CC(C)C(C)C)CCN1. The number of piperazine rings is 1. The quantitative estimate of drug-likeness (QED) is 0.775. The highest BCUT2D eigenvalue weighted by Crippen LogP contribution is 2.16. The van der Waals surface area contributed by atoms with E-state index in [1.54, 1.807) is 0 Å². The molecule has 0 saturated carbocycles. The van der Waals surface area contributed by atoms with Gasteiger partial charge in [-0.25, -0.2) is 0 Å². The maximum Gasteiger partial charge on any atom is 0.0221 e. The first-order valence-corrected chi connectivity index (χ1v) is 7.00. The van der Waals surface area contributed by atoms with Crippen molar-refractivity contribution in [1.82, 2.24) is 10.2 Å². The third-order valence-electron chi connectivity index (χ3n) is 4.30. The number of rotatable bonds is 5. The molecule has 0 spiro atoms. The maximum atomic E-state index is 3.66. The molecule has 1 rings (SSSR count). The highest BCUT2D eigenvalue weighted by molar-refractivity contribution is 4.82. The van der Waals surface area contributed by atoms with Crippen molar-refractivity contribution < 1.29 is 0 Å². The molecular formula is C14H30N2. The fraction of sp³-hybridized carbons (Fsp3) is 1.00. The molecule has 3 atom stereocenters. The first-order valence-electron chi connectivity index (χ1n) is 7.00. The van der Waals surface area contributed by atoms with Crippen molar-refractivity contribution in [2.24, 2.45) is 17.8 Å². The van der Waals surface area contributed by atoms with Crippen LogP contribution in [-0.4, -0.2) is 37.1 Å². The zero-order chi connectivity index (χ0) is 12.1. The molecule has 0 radical (unpaired) electrons. The van der Waals surface area contributed by atoms with Crippen molar-refractivity contribution in [1.29, 1.82) is 0 Å². The minimum atomic E-state index is 0.707. The van der Waals surface area contributed by atoms with Crippen LogP contribution in [0.2, 0.25) is 0 Å². The zero-order valence-corrected chi connectivity index (χ0v) is 11.8. The lowest BCUT2D eigenvalue weighted by atomic mass is 9.94. The Hall–Kier alpha value is -0.0800. The summed E-state index contributed by atoms with van der Waals surface area (Å²) in [5.74, 6) is 2.42. The Kier molecular flexibility index (Phi) is 5.77. The molecule has 0 aromatic heterocycles. The van der Waals surface area contributed by atoms with Crippen LogP contribution in [0.3, 0.4) is 0 Å². The third kappa shape index (κ3) is 4.06. The summed E-state index contributed by atoms with van der Waals surface area (Å²) in [6.07, 6.45) is 1.28. The molecule has 96 valence electrons. The summed E-state index contributed by atoms with van der Waals surface area (Å²) in [4.78, 5) is 2.65. The number of nitrogens with zero attached hydrogens (tertiary/aromatic N) is 1. The van der Waals surface area contributed by atoms with Gasteiger partial charge in [0.2, 0.25) is 0 Å². The molecule has 1 saturated heterocycles. The molecule has 2 nitrogen and oxygen atoms in total. The van der Waals surface area contributed by atoms with E-state index in [0.29, 0.717) is 6.04 Å². The summed E-state index contributed by atoms with van der Waals surface area (Å²) in [6, 6.07) is 0.707. The summed E-state index contributed by atoms with van der Waals surface area (Å²) in [7, 11) is 0. The molecule has 16 heavy (non-hydrogen) atoms. The average molecular weight is 226 g/mol. The van der Waals surface area contributed by atoms with E-state index in [4.69, 9.17) is 0 Å². The van der Waals surface area contributed by atoms with Gasteiger partial charge in [0, 0.05) is 32.2 Å². The fourth-order valence-electron chi connectivity index (χ4n) is 2.29. The molecule has 0 aromatic carbocycles. The highest BCUT2D eigenvalue weighted by Gasteiger charge is 2.24. The maximum absolute atomic E-state index is 3.66. The predicted molar refractivity (Wildman–Crippen MR) is 71.7 cm³/mol. The smallest absolute Gasteiger partial charge is 0.0221 e. The molecule has 0 amide bonds. The molecule has 0 aliphatic carbocycles. The van der Waals surface area contributed by atoms with Crippen LogP contribution in [0.25, 0.3) is 0 Å². The largest absolute Gasteiger partial charge is 0.311 e. The summed E-state index contributed by atoms with van der Waals surface area (Å²) < 4.78 is 0. The monoisotopic (exact) mass is 226 g/mol. The minimum Gasteiger partial charge on any atom is -0.311 e. The Morgan fingerprint density at radius 3 is 2.50 bits per heavy atom. The van der Waals surface area contributed by atoms with Crippen LogP contribution in [0.1, 0.15) is 41.0 Å². The lowest BCUT2D eigenvalue weighted by molar-refractivity contribution is 0.140. The molecular weight excluding hydrogens is 196 g/mol. The second kappa shape index (κ2) is 6.61. The van der Waals surface area contributed by atoms with Gasteiger partial charge < -0.3 is 10.2 Å². The fourth-order valence-corrected chi connectivity index (χ4v) is 2.29. The van der Waals surface area contributed by atoms with Crippen LogP contribution in [0.15, 0.2) is 0 Å². The van der Waals surface area contributed by atoms with Gasteiger partial charge in [-0.1, -0.05) is 41.0 Å². The van der Waals surface area contributed by atoms with Crippen molar-refractivity contribution in [3.8, 4) is 0 Å². The van der Waals surface area contributed by atoms with E-state index in [2.05, 4.69) is 44.8 Å². The standard InChI is InChI=1S/C14H30N2/c1-6-12(4)14-10-16(8-7-15-14)9-13(5)11(2)3/h11-15H,6-10H2,1-5H3. The van der Waals surface area contributed by atoms with E-state index in [1.165, 1.54) is 32.6 Å². The van der Waals surface area contributed by atoms with Gasteiger partial charge in [-0.2, -0.15) is 0 Å². The average Bonchev–Trinajstić information content (AvgIpc) is 2.28. The predicted octanol–water partition coefficient (Wildman–Crippen LogP) is 2.60. The van der Waals surface area contributed by atoms with Gasteiger partial charge in [-0.3, -0.25) is 0 Å². The van der Waals surface area contributed by atoms with Crippen molar-refractivity contribution >= 4 is 0 Å². The van der Waals surface area contributed by atoms with Crippen molar-refractivity contribution in [3.63, 3.8) is 0 Å². The molecule has 3 unspecified atom stereocenters. The van der Waals surface area contributed by atoms with Crippen LogP contribution < -0.4 is 5.32 Å². The topological polar surface area (TPSA) is 15.3 Å². The summed E-state index contributed by atoms with van der Waals surface area (Å²) in [6.45, 7) is 16.6. The van der Waals surface area contributed by atoms with E-state index >= 15 is 0 Å². The lowest BCUT2D eigenvalue weighted by Gasteiger charge is -2.38. The summed E-state index contributed by atoms with van der Waals surface area (Å²) in [5, 5.41) is 3.66. The van der Waals surface area contributed by atoms with Gasteiger partial charge >= 0.3 is 0 Å². The van der Waals surface area contributed by atoms with Gasteiger partial charge in [-0.05, 0) is 17.8 Å². The molecule has 0 bridgehead atoms. The Morgan fingerprint density at radius 2 is 1.94 bits per heavy atom. The van der Waals surface area contributed by atoms with Crippen molar-refractivity contribution in [3.05, 3.63) is 0 Å². The normalized spacial score (nSPS) is 27.0. The van der Waals surface area contributed by atoms with E-state index < -0.39 is 0 Å². The molecule has 1 heterocycles. The van der Waals surface area contributed by atoms with Gasteiger partial charge in [0.1, 0.15) is 0 Å². The lowest BCUT2D eigenvalue weighted by Crippen LogP contribution is -2.54. The van der Waals surface area contributed by atoms with Gasteiger partial charge in [0.25, 0.3) is 0 Å². The van der Waals surface area contributed by atoms with E-state index in [-0.39, 0.29) is 0 Å². The van der Waals surface area contributed by atoms with E-state index in [9.17, 15) is 0 Å². The van der Waals surface area contributed by atoms with Crippen LogP contribution >= 0.6 is 0 Å². The van der Waals surface area contributed by atoms with Crippen molar-refractivity contribution in [2.75, 3.05) is 26.2 Å². The van der Waals surface area contributed by atoms with Crippen LogP contribution in [0.4, 0.5) is 0 Å². The summed E-state index contributed by atoms with van der Waals surface area (Å²) in [5.41, 5.74) is 0. The van der Waals surface area contributed by atoms with Gasteiger partial charge in [-0.15, -0.1) is 0 Å². The van der Waals surface area contributed by atoms with Gasteiger partial charge in [0.05, 0.1) is 0 Å². The van der Waals surface area contributed by atoms with Crippen molar-refractivity contribution in [2.45, 2.75) is 47.1 Å². The number of hydrogen-bond donors (Lipinski definition) is 1. The zero-order valence-electron chi connectivity index (χ0n) is 11.8. The molecule has 1 aliphatic rings. The second-order valence-corrected chi connectivity index (χ2v) is 5.93. The molecule has 1 aliphatic heterocycles. The van der Waals surface area contributed by atoms with Crippen LogP contribution in [-0.2, 0) is 0 Å². The van der Waals surface area contributed by atoms with Crippen LogP contribution in [0.5, 0.6) is 0 Å². The van der Waals surface area contributed by atoms with E-state index in [1.807, 2.05) is 0 Å². The first kappa shape index (κ1) is 14.0. The molecule has 1 N–H and O–H groups in total. The Balaban J connectivity index is 2.38. The van der Waals surface area contributed by atoms with E-state index in [0.717, 1.165) is 17.8 Å². The second-order valence-electron chi connectivity index (χ2n) is 5.93. The Morgan fingerprint density at radius 1 is 1.25 bits per heavy atom. The number of hydrogen-bond acceptors (Lipinski definition) is 2. The van der Waals surface area contributed by atoms with Crippen LogP contribution in [0, 0.1) is 17.8 Å². The number of nitrogens with one attached hydrogen (secondary N) is 1. The Labute approximate surface area is 102 Å². The Bertz CT molecular complexity index is 191. The molecule has 0 aromatic rings. The third-order valence-corrected chi connectivity index (χ3v) is 4.30. The minimum absolute atomic E-state index is 0.707. The first-order chi connectivity index (χ1) is 7.54. The highest BCUT2D eigenvalue weighted by atomic mass is 15.2. The van der Waals surface area contributed by atoms with Gasteiger partial charge in [0.15, 0.2) is 0 Å².